The van der Waals surface area contributed by atoms with Gasteiger partial charge >= 0.3 is 12.4 Å². The average Bonchev–Trinajstić information content (AvgIpc) is 2.89. The predicted octanol–water partition coefficient (Wildman–Crippen LogP) is 6.80. The molecule has 228 valence electrons. The van der Waals surface area contributed by atoms with Gasteiger partial charge in [-0.25, -0.2) is 14.4 Å². The van der Waals surface area contributed by atoms with E-state index < -0.39 is 50.6 Å². The van der Waals surface area contributed by atoms with Crippen LogP contribution in [0.4, 0.5) is 37.8 Å². The van der Waals surface area contributed by atoms with Crippen molar-refractivity contribution in [3.63, 3.8) is 0 Å². The van der Waals surface area contributed by atoms with Gasteiger partial charge in [-0.3, -0.25) is 4.79 Å². The lowest BCUT2D eigenvalue weighted by Gasteiger charge is -2.32. The molecule has 0 aliphatic heterocycles. The van der Waals surface area contributed by atoms with Gasteiger partial charge in [-0.1, -0.05) is 36.7 Å². The molecule has 1 amide bonds. The molecular weight excluding hydrogens is 610 g/mol. The average molecular weight is 637 g/mol. The topological polar surface area (TPSA) is 96.6 Å². The fourth-order valence-electron chi connectivity index (χ4n) is 4.28. The van der Waals surface area contributed by atoms with Crippen molar-refractivity contribution in [2.45, 2.75) is 45.0 Å². The van der Waals surface area contributed by atoms with E-state index in [0.717, 1.165) is 15.4 Å². The molecule has 7 nitrogen and oxygen atoms in total. The van der Waals surface area contributed by atoms with Crippen molar-refractivity contribution < 1.29 is 39.6 Å². The number of aromatic nitrogens is 1. The number of alkyl halides is 6. The zero-order valence-electron chi connectivity index (χ0n) is 22.8. The van der Waals surface area contributed by atoms with E-state index in [1.165, 1.54) is 33.0 Å². The monoisotopic (exact) mass is 636 g/mol. The van der Waals surface area contributed by atoms with Gasteiger partial charge in [-0.15, -0.1) is 0 Å². The van der Waals surface area contributed by atoms with Gasteiger partial charge in [0.1, 0.15) is 5.82 Å². The molecule has 0 fully saturated rings. The number of amides is 1. The standard InChI is InChI=1S/C27H27ClF6N4O3S/c1-5-10-38(42(35,40)41)23-14-20(19-8-6-7-9-21(19)28)22(15-36-23)37(4)24(39)25(2,3)16-11-17(26(29,30)31)13-18(12-16)27(32,33)34/h6-9,11-15H,5,10H2,1-4H3,(H2,35,40,41). The highest BCUT2D eigenvalue weighted by Gasteiger charge is 2.41. The van der Waals surface area contributed by atoms with Crippen molar-refractivity contribution in [2.24, 2.45) is 5.14 Å². The van der Waals surface area contributed by atoms with Gasteiger partial charge in [-0.05, 0) is 56.2 Å². The van der Waals surface area contributed by atoms with Gasteiger partial charge in [0.2, 0.25) is 5.91 Å². The molecule has 0 radical (unpaired) electrons. The molecule has 0 spiro atoms. The first kappa shape index (κ1) is 33.1. The normalized spacial score (nSPS) is 12.8. The van der Waals surface area contributed by atoms with Crippen molar-refractivity contribution in [2.75, 3.05) is 22.8 Å². The van der Waals surface area contributed by atoms with Crippen molar-refractivity contribution in [3.8, 4) is 11.1 Å². The molecule has 0 aliphatic carbocycles. The first-order valence-corrected chi connectivity index (χ1v) is 14.2. The lowest BCUT2D eigenvalue weighted by molar-refractivity contribution is -0.143. The number of carbonyl (C=O) groups excluding carboxylic acids is 1. The molecule has 42 heavy (non-hydrogen) atoms. The number of pyridine rings is 1. The minimum absolute atomic E-state index is 0.0144. The van der Waals surface area contributed by atoms with Crippen molar-refractivity contribution >= 4 is 39.2 Å². The Hall–Kier alpha value is -3.36. The Balaban J connectivity index is 2.21. The Bertz CT molecular complexity index is 1560. The quantitative estimate of drug-likeness (QED) is 0.275. The van der Waals surface area contributed by atoms with E-state index in [1.54, 1.807) is 25.1 Å². The van der Waals surface area contributed by atoms with E-state index in [0.29, 0.717) is 24.1 Å². The summed E-state index contributed by atoms with van der Waals surface area (Å²) in [6.07, 6.45) is -8.68. The Labute approximate surface area is 244 Å². The van der Waals surface area contributed by atoms with E-state index in [-0.39, 0.29) is 34.7 Å². The molecule has 1 aromatic heterocycles. The Morgan fingerprint density at radius 2 is 1.45 bits per heavy atom. The lowest BCUT2D eigenvalue weighted by Crippen LogP contribution is -2.42. The summed E-state index contributed by atoms with van der Waals surface area (Å²) in [6.45, 7) is 4.09. The molecule has 0 saturated carbocycles. The summed E-state index contributed by atoms with van der Waals surface area (Å²) >= 11 is 6.41. The van der Waals surface area contributed by atoms with Gasteiger partial charge in [0, 0.05) is 29.7 Å². The molecule has 15 heteroatoms. The molecule has 0 bridgehead atoms. The number of likely N-dealkylation sites (N-methyl/N-ethyl adjacent to an activating group) is 1. The predicted molar refractivity (Wildman–Crippen MR) is 148 cm³/mol. The van der Waals surface area contributed by atoms with Crippen molar-refractivity contribution in [1.82, 2.24) is 4.98 Å². The second kappa shape index (κ2) is 11.7. The number of hydrogen-bond donors (Lipinski definition) is 1. The summed E-state index contributed by atoms with van der Waals surface area (Å²) in [7, 11) is -2.99. The van der Waals surface area contributed by atoms with Crippen LogP contribution in [0.15, 0.2) is 54.7 Å². The van der Waals surface area contributed by atoms with Crippen LogP contribution in [0.25, 0.3) is 11.1 Å². The molecule has 0 aliphatic rings. The maximum absolute atomic E-state index is 13.8. The number of halogens is 7. The molecule has 2 N–H and O–H groups in total. The molecule has 0 unspecified atom stereocenters. The van der Waals surface area contributed by atoms with Crippen LogP contribution < -0.4 is 14.3 Å². The van der Waals surface area contributed by atoms with Gasteiger partial charge < -0.3 is 4.90 Å². The fraction of sp³-hybridized carbons (Fsp3) is 0.333. The van der Waals surface area contributed by atoms with Crippen LogP contribution in [0.3, 0.4) is 0 Å². The summed E-state index contributed by atoms with van der Waals surface area (Å²) in [5.41, 5.74) is -4.93. The molecule has 1 heterocycles. The molecular formula is C27H27ClF6N4O3S. The third-order valence-electron chi connectivity index (χ3n) is 6.53. The number of nitrogens with zero attached hydrogens (tertiary/aromatic N) is 3. The number of carbonyl (C=O) groups is 1. The van der Waals surface area contributed by atoms with Crippen LogP contribution in [-0.4, -0.2) is 32.9 Å². The van der Waals surface area contributed by atoms with Gasteiger partial charge in [-0.2, -0.15) is 34.8 Å². The zero-order chi connectivity index (χ0) is 31.8. The summed E-state index contributed by atoms with van der Waals surface area (Å²) in [5, 5.41) is 5.59. The summed E-state index contributed by atoms with van der Waals surface area (Å²) in [4.78, 5) is 19.0. The highest BCUT2D eigenvalue weighted by atomic mass is 35.5. The number of benzene rings is 2. The number of rotatable bonds is 8. The smallest absolute Gasteiger partial charge is 0.313 e. The second-order valence-corrected chi connectivity index (χ2v) is 11.8. The Morgan fingerprint density at radius 3 is 1.93 bits per heavy atom. The molecule has 0 saturated heterocycles. The molecule has 3 aromatic rings. The molecule has 2 aromatic carbocycles. The minimum Gasteiger partial charge on any atom is -0.313 e. The lowest BCUT2D eigenvalue weighted by atomic mass is 9.81. The highest BCUT2D eigenvalue weighted by molar-refractivity contribution is 7.90. The van der Waals surface area contributed by atoms with Gasteiger partial charge in [0.05, 0.1) is 28.4 Å². The van der Waals surface area contributed by atoms with Crippen LogP contribution in [0.1, 0.15) is 43.9 Å². The third kappa shape index (κ3) is 6.98. The minimum atomic E-state index is -5.11. The molecule has 3 rings (SSSR count). The van der Waals surface area contributed by atoms with Crippen LogP contribution in [0.5, 0.6) is 0 Å². The Morgan fingerprint density at radius 1 is 0.929 bits per heavy atom. The second-order valence-electron chi connectivity index (χ2n) is 9.94. The van der Waals surface area contributed by atoms with Gasteiger partial charge in [0.25, 0.3) is 10.2 Å². The number of nitrogens with two attached hydrogens (primary N) is 1. The Kier molecular flexibility index (Phi) is 9.26. The summed E-state index contributed by atoms with van der Waals surface area (Å²) in [6, 6.07) is 8.71. The highest BCUT2D eigenvalue weighted by Crippen LogP contribution is 2.41. The molecule has 0 atom stereocenters. The van der Waals surface area contributed by atoms with Crippen molar-refractivity contribution in [1.29, 1.82) is 0 Å². The van der Waals surface area contributed by atoms with Crippen LogP contribution in [0.2, 0.25) is 5.02 Å². The van der Waals surface area contributed by atoms with E-state index in [9.17, 15) is 39.6 Å². The van der Waals surface area contributed by atoms with E-state index >= 15 is 0 Å². The van der Waals surface area contributed by atoms with E-state index in [4.69, 9.17) is 16.7 Å². The first-order chi connectivity index (χ1) is 19.2. The number of hydrogen-bond acceptors (Lipinski definition) is 4. The first-order valence-electron chi connectivity index (χ1n) is 12.3. The van der Waals surface area contributed by atoms with Crippen molar-refractivity contribution in [3.05, 3.63) is 76.4 Å². The van der Waals surface area contributed by atoms with E-state index in [1.807, 2.05) is 0 Å². The maximum atomic E-state index is 13.8. The summed E-state index contributed by atoms with van der Waals surface area (Å²) < 4.78 is 107. The zero-order valence-corrected chi connectivity index (χ0v) is 24.4. The van der Waals surface area contributed by atoms with Crippen LogP contribution in [0, 0.1) is 0 Å². The summed E-state index contributed by atoms with van der Waals surface area (Å²) in [5.74, 6) is -0.972. The van der Waals surface area contributed by atoms with Crippen LogP contribution >= 0.6 is 11.6 Å². The third-order valence-corrected chi connectivity index (χ3v) is 7.85. The SMILES string of the molecule is CCCN(c1cc(-c2ccccc2Cl)c(N(C)C(=O)C(C)(C)c2cc(C(F)(F)F)cc(C(F)(F)F)c2)cn1)S(N)(=O)=O. The fourth-order valence-corrected chi connectivity index (χ4v) is 5.31. The van der Waals surface area contributed by atoms with E-state index in [2.05, 4.69) is 4.98 Å². The largest absolute Gasteiger partial charge is 0.416 e. The maximum Gasteiger partial charge on any atom is 0.416 e. The number of anilines is 2. The van der Waals surface area contributed by atoms with Crippen LogP contribution in [-0.2, 0) is 32.8 Å². The van der Waals surface area contributed by atoms with Gasteiger partial charge in [0.15, 0.2) is 0 Å².